The van der Waals surface area contributed by atoms with Crippen LogP contribution in [0.15, 0.2) is 30.6 Å². The van der Waals surface area contributed by atoms with Crippen LogP contribution >= 0.6 is 0 Å². The lowest BCUT2D eigenvalue weighted by Crippen LogP contribution is -2.06. The van der Waals surface area contributed by atoms with Crippen LogP contribution in [-0.2, 0) is 6.54 Å². The second-order valence-electron chi connectivity index (χ2n) is 3.81. The quantitative estimate of drug-likeness (QED) is 0.664. The average molecular weight is 257 g/mol. The van der Waals surface area contributed by atoms with Crippen LogP contribution in [0.2, 0.25) is 0 Å². The summed E-state index contributed by atoms with van der Waals surface area (Å²) in [4.78, 5) is 14.4. The van der Waals surface area contributed by atoms with E-state index in [0.29, 0.717) is 12.2 Å². The third-order valence-corrected chi connectivity index (χ3v) is 2.73. The van der Waals surface area contributed by atoms with Gasteiger partial charge >= 0.3 is 0 Å². The van der Waals surface area contributed by atoms with Crippen molar-refractivity contribution in [2.75, 3.05) is 12.4 Å². The molecule has 1 N–H and O–H groups in total. The van der Waals surface area contributed by atoms with E-state index in [4.69, 9.17) is 5.26 Å². The van der Waals surface area contributed by atoms with Gasteiger partial charge < -0.3 is 9.88 Å². The van der Waals surface area contributed by atoms with E-state index in [1.165, 1.54) is 12.3 Å². The predicted molar refractivity (Wildman–Crippen MR) is 68.7 cm³/mol. The Kier molecular flexibility index (Phi) is 3.43. The first-order valence-corrected chi connectivity index (χ1v) is 5.52. The first-order chi connectivity index (χ1) is 9.17. The van der Waals surface area contributed by atoms with Gasteiger partial charge in [-0.3, -0.25) is 10.1 Å². The Morgan fingerprint density at radius 3 is 3.00 bits per heavy atom. The molecule has 0 atom stereocenters. The average Bonchev–Trinajstić information content (AvgIpc) is 2.85. The molecule has 0 saturated heterocycles. The smallest absolute Gasteiger partial charge is 0.292 e. The summed E-state index contributed by atoms with van der Waals surface area (Å²) in [6.07, 6.45) is 3.19. The van der Waals surface area contributed by atoms with Crippen LogP contribution in [0.3, 0.4) is 0 Å². The van der Waals surface area contributed by atoms with Crippen LogP contribution in [-0.4, -0.2) is 21.5 Å². The maximum atomic E-state index is 11.0. The number of hydrogen-bond donors (Lipinski definition) is 1. The Hall–Kier alpha value is -2.88. The zero-order valence-electron chi connectivity index (χ0n) is 10.2. The van der Waals surface area contributed by atoms with Crippen LogP contribution in [0.25, 0.3) is 0 Å². The number of benzene rings is 1. The van der Waals surface area contributed by atoms with E-state index < -0.39 is 4.92 Å². The molecule has 2 rings (SSSR count). The van der Waals surface area contributed by atoms with Gasteiger partial charge in [-0.05, 0) is 0 Å². The van der Waals surface area contributed by atoms with Gasteiger partial charge in [-0.25, -0.2) is 4.98 Å². The lowest BCUT2D eigenvalue weighted by Gasteiger charge is -2.10. The number of nitro groups is 1. The lowest BCUT2D eigenvalue weighted by molar-refractivity contribution is -0.384. The molecule has 0 saturated carbocycles. The van der Waals surface area contributed by atoms with Crippen molar-refractivity contribution in [3.63, 3.8) is 0 Å². The summed E-state index contributed by atoms with van der Waals surface area (Å²) < 4.78 is 1.64. The largest absolute Gasteiger partial charge is 0.382 e. The van der Waals surface area contributed by atoms with Crippen molar-refractivity contribution >= 4 is 11.4 Å². The molecule has 0 fully saturated rings. The summed E-state index contributed by atoms with van der Waals surface area (Å²) in [6.45, 7) is 0.348. The molecule has 0 spiro atoms. The molecule has 1 heterocycles. The van der Waals surface area contributed by atoms with Gasteiger partial charge in [0, 0.05) is 31.1 Å². The van der Waals surface area contributed by atoms with Crippen LogP contribution in [0.1, 0.15) is 11.4 Å². The molecule has 0 aliphatic carbocycles. The number of para-hydroxylation sites is 1. The number of aromatic nitrogens is 2. The highest BCUT2D eigenvalue weighted by Gasteiger charge is 2.16. The maximum Gasteiger partial charge on any atom is 0.292 e. The highest BCUT2D eigenvalue weighted by molar-refractivity contribution is 5.66. The van der Waals surface area contributed by atoms with Crippen molar-refractivity contribution in [3.8, 4) is 6.07 Å². The zero-order chi connectivity index (χ0) is 13.8. The minimum atomic E-state index is -0.436. The van der Waals surface area contributed by atoms with Gasteiger partial charge in [0.1, 0.15) is 11.8 Å². The summed E-state index contributed by atoms with van der Waals surface area (Å²) in [5.41, 5.74) is 1.19. The topological polar surface area (TPSA) is 96.8 Å². The number of nitriles is 1. The highest BCUT2D eigenvalue weighted by Crippen LogP contribution is 2.28. The fraction of sp³-hybridized carbons (Fsp3) is 0.167. The van der Waals surface area contributed by atoms with E-state index >= 15 is 0 Å². The SMILES string of the molecule is CNc1c(Cn2ccnc2C#N)cccc1[N+](=O)[O-]. The Morgan fingerprint density at radius 2 is 2.37 bits per heavy atom. The molecule has 1 aromatic carbocycles. The molecule has 7 nitrogen and oxygen atoms in total. The van der Waals surface area contributed by atoms with Gasteiger partial charge in [0.15, 0.2) is 0 Å². The molecule has 0 aliphatic heterocycles. The molecular formula is C12H11N5O2. The number of nitrogens with zero attached hydrogens (tertiary/aromatic N) is 4. The lowest BCUT2D eigenvalue weighted by atomic mass is 10.1. The summed E-state index contributed by atoms with van der Waals surface area (Å²) >= 11 is 0. The second-order valence-corrected chi connectivity index (χ2v) is 3.81. The van der Waals surface area contributed by atoms with Crippen LogP contribution in [0.5, 0.6) is 0 Å². The highest BCUT2D eigenvalue weighted by atomic mass is 16.6. The summed E-state index contributed by atoms with van der Waals surface area (Å²) in [6, 6.07) is 6.81. The molecule has 0 amide bonds. The van der Waals surface area contributed by atoms with E-state index in [2.05, 4.69) is 10.3 Å². The fourth-order valence-corrected chi connectivity index (χ4v) is 1.89. The summed E-state index contributed by atoms with van der Waals surface area (Å²) in [7, 11) is 1.63. The number of rotatable bonds is 4. The fourth-order valence-electron chi connectivity index (χ4n) is 1.89. The Bertz CT molecular complexity index is 656. The molecular weight excluding hydrogens is 246 g/mol. The van der Waals surface area contributed by atoms with Crippen LogP contribution in [0, 0.1) is 21.4 Å². The normalized spacial score (nSPS) is 9.89. The molecule has 0 radical (unpaired) electrons. The van der Waals surface area contributed by atoms with Crippen molar-refractivity contribution < 1.29 is 4.92 Å². The molecule has 0 aliphatic rings. The molecule has 2 aromatic rings. The van der Waals surface area contributed by atoms with Crippen LogP contribution < -0.4 is 5.32 Å². The van der Waals surface area contributed by atoms with E-state index in [-0.39, 0.29) is 11.5 Å². The molecule has 7 heteroatoms. The maximum absolute atomic E-state index is 11.0. The Labute approximate surface area is 109 Å². The minimum absolute atomic E-state index is 0.0126. The number of anilines is 1. The van der Waals surface area contributed by atoms with Gasteiger partial charge in [-0.2, -0.15) is 5.26 Å². The van der Waals surface area contributed by atoms with Gasteiger partial charge in [-0.1, -0.05) is 12.1 Å². The predicted octanol–water partition coefficient (Wildman–Crippen LogP) is 1.75. The van der Waals surface area contributed by atoms with Crippen molar-refractivity contribution in [1.82, 2.24) is 9.55 Å². The second kappa shape index (κ2) is 5.18. The first kappa shape index (κ1) is 12.6. The number of imidazole rings is 1. The number of hydrogen-bond acceptors (Lipinski definition) is 5. The Balaban J connectivity index is 2.44. The molecule has 1 aromatic heterocycles. The molecule has 96 valence electrons. The summed E-state index contributed by atoms with van der Waals surface area (Å²) in [5.74, 6) is 0.272. The van der Waals surface area contributed by atoms with Crippen molar-refractivity contribution in [2.24, 2.45) is 0 Å². The van der Waals surface area contributed by atoms with Crippen molar-refractivity contribution in [1.29, 1.82) is 5.26 Å². The van der Waals surface area contributed by atoms with E-state index in [9.17, 15) is 10.1 Å². The Morgan fingerprint density at radius 1 is 1.58 bits per heavy atom. The van der Waals surface area contributed by atoms with E-state index in [1.54, 1.807) is 29.9 Å². The zero-order valence-corrected chi connectivity index (χ0v) is 10.2. The van der Waals surface area contributed by atoms with E-state index in [1.807, 2.05) is 6.07 Å². The third-order valence-electron chi connectivity index (χ3n) is 2.73. The number of nitro benzene ring substituents is 1. The molecule has 0 unspecified atom stereocenters. The molecule has 19 heavy (non-hydrogen) atoms. The van der Waals surface area contributed by atoms with Gasteiger partial charge in [0.25, 0.3) is 5.69 Å². The third kappa shape index (κ3) is 2.37. The van der Waals surface area contributed by atoms with E-state index in [0.717, 1.165) is 5.56 Å². The van der Waals surface area contributed by atoms with Crippen molar-refractivity contribution in [3.05, 3.63) is 52.1 Å². The van der Waals surface area contributed by atoms with Gasteiger partial charge in [0.05, 0.1) is 11.5 Å². The minimum Gasteiger partial charge on any atom is -0.382 e. The first-order valence-electron chi connectivity index (χ1n) is 5.52. The van der Waals surface area contributed by atoms with Crippen molar-refractivity contribution in [2.45, 2.75) is 6.54 Å². The van der Waals surface area contributed by atoms with Crippen LogP contribution in [0.4, 0.5) is 11.4 Å². The van der Waals surface area contributed by atoms with Gasteiger partial charge in [-0.15, -0.1) is 0 Å². The summed E-state index contributed by atoms with van der Waals surface area (Å²) in [5, 5.41) is 22.7. The number of nitrogens with one attached hydrogen (secondary N) is 1. The standard InChI is InChI=1S/C12H11N5O2/c1-14-12-9(3-2-4-10(12)17(18)19)8-16-6-5-15-11(16)7-13/h2-6,14H,8H2,1H3. The monoisotopic (exact) mass is 257 g/mol. The van der Waals surface area contributed by atoms with Gasteiger partial charge in [0.2, 0.25) is 5.82 Å². The molecule has 0 bridgehead atoms.